The number of ether oxygens (including phenoxy) is 2. The minimum atomic E-state index is -0.0594. The molecule has 0 bridgehead atoms. The number of amides is 1. The van der Waals surface area contributed by atoms with Gasteiger partial charge >= 0.3 is 0 Å². The zero-order valence-electron chi connectivity index (χ0n) is 13.8. The van der Waals surface area contributed by atoms with Crippen molar-refractivity contribution in [1.82, 2.24) is 15.1 Å². The quantitative estimate of drug-likeness (QED) is 0.908. The van der Waals surface area contributed by atoms with Gasteiger partial charge in [-0.05, 0) is 18.9 Å². The molecule has 1 amide bonds. The van der Waals surface area contributed by atoms with Crippen LogP contribution in [0.15, 0.2) is 6.07 Å². The summed E-state index contributed by atoms with van der Waals surface area (Å²) in [5.74, 6) is 0.455. The Balaban J connectivity index is 1.70. The molecule has 0 saturated carbocycles. The average Bonchev–Trinajstić information content (AvgIpc) is 3.08. The molecule has 6 nitrogen and oxygen atoms in total. The number of nitrogens with one attached hydrogen (secondary N) is 1. The van der Waals surface area contributed by atoms with E-state index in [1.807, 2.05) is 17.7 Å². The van der Waals surface area contributed by atoms with Crippen LogP contribution in [0.2, 0.25) is 0 Å². The van der Waals surface area contributed by atoms with E-state index in [1.165, 1.54) is 11.3 Å². The molecule has 0 aromatic carbocycles. The van der Waals surface area contributed by atoms with Crippen molar-refractivity contribution in [1.29, 1.82) is 0 Å². The number of hydrogen-bond donors (Lipinski definition) is 1. The SMILES string of the molecule is Cc1nn(CC(C)C)c2sc(C(=O)NC[C@@H]3COCCO3)cc12. The van der Waals surface area contributed by atoms with Crippen LogP contribution in [0.4, 0.5) is 0 Å². The molecule has 23 heavy (non-hydrogen) atoms. The summed E-state index contributed by atoms with van der Waals surface area (Å²) in [6, 6.07) is 1.94. The first-order chi connectivity index (χ1) is 11.0. The van der Waals surface area contributed by atoms with Gasteiger partial charge in [0, 0.05) is 18.5 Å². The molecule has 1 aliphatic heterocycles. The fourth-order valence-corrected chi connectivity index (χ4v) is 3.73. The van der Waals surface area contributed by atoms with Gasteiger partial charge in [0.1, 0.15) is 4.83 Å². The number of hydrogen-bond acceptors (Lipinski definition) is 5. The van der Waals surface area contributed by atoms with Crippen LogP contribution in [0.1, 0.15) is 29.2 Å². The predicted molar refractivity (Wildman–Crippen MR) is 90.1 cm³/mol. The number of nitrogens with zero attached hydrogens (tertiary/aromatic N) is 2. The molecule has 1 saturated heterocycles. The maximum atomic E-state index is 12.4. The lowest BCUT2D eigenvalue weighted by atomic mass is 10.2. The van der Waals surface area contributed by atoms with Crippen molar-refractivity contribution in [2.24, 2.45) is 5.92 Å². The van der Waals surface area contributed by atoms with E-state index in [-0.39, 0.29) is 12.0 Å². The van der Waals surface area contributed by atoms with Crippen molar-refractivity contribution in [3.8, 4) is 0 Å². The maximum absolute atomic E-state index is 12.4. The highest BCUT2D eigenvalue weighted by molar-refractivity contribution is 7.20. The molecule has 1 atom stereocenters. The summed E-state index contributed by atoms with van der Waals surface area (Å²) in [5.41, 5.74) is 0.972. The van der Waals surface area contributed by atoms with Gasteiger partial charge in [0.05, 0.1) is 36.5 Å². The van der Waals surface area contributed by atoms with Crippen molar-refractivity contribution < 1.29 is 14.3 Å². The molecule has 7 heteroatoms. The van der Waals surface area contributed by atoms with Gasteiger partial charge in [-0.25, -0.2) is 0 Å². The molecular weight excluding hydrogens is 314 g/mol. The highest BCUT2D eigenvalue weighted by atomic mass is 32.1. The molecule has 1 fully saturated rings. The van der Waals surface area contributed by atoms with Crippen molar-refractivity contribution in [2.75, 3.05) is 26.4 Å². The maximum Gasteiger partial charge on any atom is 0.261 e. The fourth-order valence-electron chi connectivity index (χ4n) is 2.64. The van der Waals surface area contributed by atoms with Crippen LogP contribution < -0.4 is 5.32 Å². The van der Waals surface area contributed by atoms with Crippen LogP contribution >= 0.6 is 11.3 Å². The second-order valence-corrected chi connectivity index (χ2v) is 7.30. The summed E-state index contributed by atoms with van der Waals surface area (Å²) in [6.45, 7) is 9.41. The number of rotatable bonds is 5. The summed E-state index contributed by atoms with van der Waals surface area (Å²) in [4.78, 5) is 14.2. The number of carbonyl (C=O) groups is 1. The van der Waals surface area contributed by atoms with E-state index < -0.39 is 0 Å². The Morgan fingerprint density at radius 2 is 2.35 bits per heavy atom. The Morgan fingerprint density at radius 3 is 3.04 bits per heavy atom. The second-order valence-electron chi connectivity index (χ2n) is 6.27. The van der Waals surface area contributed by atoms with Crippen molar-refractivity contribution >= 4 is 27.5 Å². The first-order valence-electron chi connectivity index (χ1n) is 7.99. The van der Waals surface area contributed by atoms with Gasteiger partial charge in [0.15, 0.2) is 0 Å². The third-order valence-corrected chi connectivity index (χ3v) is 4.89. The fraction of sp³-hybridized carbons (Fsp3) is 0.625. The van der Waals surface area contributed by atoms with Gasteiger partial charge in [0.25, 0.3) is 5.91 Å². The summed E-state index contributed by atoms with van der Waals surface area (Å²) in [7, 11) is 0. The van der Waals surface area contributed by atoms with E-state index >= 15 is 0 Å². The summed E-state index contributed by atoms with van der Waals surface area (Å²) >= 11 is 1.50. The van der Waals surface area contributed by atoms with E-state index in [4.69, 9.17) is 9.47 Å². The van der Waals surface area contributed by atoms with Gasteiger partial charge in [0.2, 0.25) is 0 Å². The molecule has 3 heterocycles. The zero-order valence-corrected chi connectivity index (χ0v) is 14.6. The smallest absolute Gasteiger partial charge is 0.261 e. The summed E-state index contributed by atoms with van der Waals surface area (Å²) < 4.78 is 12.9. The molecule has 2 aromatic rings. The van der Waals surface area contributed by atoms with E-state index in [0.717, 1.165) is 27.3 Å². The summed E-state index contributed by atoms with van der Waals surface area (Å²) in [6.07, 6.45) is -0.0553. The molecule has 3 rings (SSSR count). The highest BCUT2D eigenvalue weighted by Crippen LogP contribution is 2.28. The molecule has 0 radical (unpaired) electrons. The number of carbonyl (C=O) groups excluding carboxylic acids is 1. The minimum Gasteiger partial charge on any atom is -0.376 e. The standard InChI is InChI=1S/C16H23N3O3S/c1-10(2)8-19-16-13(11(3)18-19)6-14(23-16)15(20)17-7-12-9-21-4-5-22-12/h6,10,12H,4-5,7-9H2,1-3H3,(H,17,20)/t12-/m1/s1. The molecule has 1 aliphatic rings. The van der Waals surface area contributed by atoms with Crippen molar-refractivity contribution in [2.45, 2.75) is 33.4 Å². The predicted octanol–water partition coefficient (Wildman–Crippen LogP) is 2.21. The number of aromatic nitrogens is 2. The molecule has 0 unspecified atom stereocenters. The average molecular weight is 337 g/mol. The van der Waals surface area contributed by atoms with Crippen LogP contribution in [0.5, 0.6) is 0 Å². The molecule has 1 N–H and O–H groups in total. The zero-order chi connectivity index (χ0) is 16.4. The topological polar surface area (TPSA) is 65.4 Å². The van der Waals surface area contributed by atoms with Gasteiger partial charge in [-0.15, -0.1) is 11.3 Å². The van der Waals surface area contributed by atoms with E-state index in [1.54, 1.807) is 0 Å². The van der Waals surface area contributed by atoms with Gasteiger partial charge in [-0.3, -0.25) is 9.48 Å². The molecule has 0 aliphatic carbocycles. The van der Waals surface area contributed by atoms with Crippen LogP contribution in [0, 0.1) is 12.8 Å². The lowest BCUT2D eigenvalue weighted by molar-refractivity contribution is -0.0855. The van der Waals surface area contributed by atoms with E-state index in [0.29, 0.717) is 32.3 Å². The second kappa shape index (κ2) is 6.98. The molecular formula is C16H23N3O3S. The van der Waals surface area contributed by atoms with Gasteiger partial charge in [-0.1, -0.05) is 13.8 Å². The lowest BCUT2D eigenvalue weighted by Crippen LogP contribution is -2.39. The van der Waals surface area contributed by atoms with Crippen LogP contribution in [-0.4, -0.2) is 48.2 Å². The number of fused-ring (bicyclic) bond motifs is 1. The number of aryl methyl sites for hydroxylation is 1. The van der Waals surface area contributed by atoms with Crippen LogP contribution in [0.3, 0.4) is 0 Å². The Hall–Kier alpha value is -1.44. The van der Waals surface area contributed by atoms with Crippen LogP contribution in [0.25, 0.3) is 10.2 Å². The molecule has 2 aromatic heterocycles. The van der Waals surface area contributed by atoms with Gasteiger partial charge < -0.3 is 14.8 Å². The molecule has 126 valence electrons. The van der Waals surface area contributed by atoms with Crippen molar-refractivity contribution in [3.63, 3.8) is 0 Å². The van der Waals surface area contributed by atoms with Crippen molar-refractivity contribution in [3.05, 3.63) is 16.6 Å². The lowest BCUT2D eigenvalue weighted by Gasteiger charge is -2.22. The Bertz CT molecular complexity index is 686. The Morgan fingerprint density at radius 1 is 1.52 bits per heavy atom. The third kappa shape index (κ3) is 3.73. The van der Waals surface area contributed by atoms with Gasteiger partial charge in [-0.2, -0.15) is 5.10 Å². The Labute approximate surface area is 139 Å². The van der Waals surface area contributed by atoms with Crippen LogP contribution in [-0.2, 0) is 16.0 Å². The monoisotopic (exact) mass is 337 g/mol. The van der Waals surface area contributed by atoms with E-state index in [2.05, 4.69) is 24.3 Å². The first-order valence-corrected chi connectivity index (χ1v) is 8.80. The minimum absolute atomic E-state index is 0.0553. The first kappa shape index (κ1) is 16.4. The Kier molecular flexibility index (Phi) is 4.99. The highest BCUT2D eigenvalue weighted by Gasteiger charge is 2.19. The largest absolute Gasteiger partial charge is 0.376 e. The molecule has 0 spiro atoms. The normalized spacial score (nSPS) is 18.7. The van der Waals surface area contributed by atoms with E-state index in [9.17, 15) is 4.79 Å². The number of thiophene rings is 1. The summed E-state index contributed by atoms with van der Waals surface area (Å²) in [5, 5.41) is 8.57. The third-order valence-electron chi connectivity index (χ3n) is 3.74.